The van der Waals surface area contributed by atoms with Crippen molar-refractivity contribution < 1.29 is 29.7 Å². The Morgan fingerprint density at radius 3 is 1.31 bits per heavy atom. The zero-order chi connectivity index (χ0) is 10.4. The molecule has 0 amide bonds. The van der Waals surface area contributed by atoms with Crippen LogP contribution in [0.1, 0.15) is 0 Å². The van der Waals surface area contributed by atoms with E-state index < -0.39 is 15.3 Å². The van der Waals surface area contributed by atoms with Crippen LogP contribution in [-0.4, -0.2) is 13.8 Å². The van der Waals surface area contributed by atoms with Crippen molar-refractivity contribution in [1.82, 2.24) is 0 Å². The third-order valence-corrected chi connectivity index (χ3v) is 9.04. The molecule has 0 aromatic heterocycles. The van der Waals surface area contributed by atoms with E-state index in [0.717, 1.165) is 0 Å². The first-order chi connectivity index (χ1) is 6.12. The van der Waals surface area contributed by atoms with Crippen LogP contribution >= 0.6 is 0 Å². The molecule has 71 valence electrons. The van der Waals surface area contributed by atoms with Gasteiger partial charge in [0.1, 0.15) is 0 Å². The van der Waals surface area contributed by atoms with E-state index in [1.54, 1.807) is 0 Å². The molecule has 0 unspecified atom stereocenters. The van der Waals surface area contributed by atoms with Gasteiger partial charge in [-0.3, -0.25) is 0 Å². The van der Waals surface area contributed by atoms with Gasteiger partial charge in [-0.1, -0.05) is 0 Å². The molecule has 4 heteroatoms. The van der Waals surface area contributed by atoms with Crippen LogP contribution in [0, 0.1) is 0 Å². The predicted molar refractivity (Wildman–Crippen MR) is 50.3 cm³/mol. The summed E-state index contributed by atoms with van der Waals surface area (Å²) in [5, 5.41) is 0. The van der Waals surface area contributed by atoms with Crippen LogP contribution in [0.25, 0.3) is 0 Å². The molecule has 0 heterocycles. The van der Waals surface area contributed by atoms with Crippen LogP contribution in [-0.2, 0) is 29.7 Å². The molecule has 0 rings (SSSR count). The van der Waals surface area contributed by atoms with Gasteiger partial charge in [-0.05, 0) is 0 Å². The molecule has 0 saturated carbocycles. The summed E-state index contributed by atoms with van der Waals surface area (Å²) < 4.78 is 2.06. The maximum atomic E-state index is 10.9. The zero-order valence-electron chi connectivity index (χ0n) is 7.44. The van der Waals surface area contributed by atoms with E-state index >= 15 is 0 Å². The fraction of sp³-hybridized carbons (Fsp3) is 0.222. The molecule has 0 N–H and O–H groups in total. The van der Waals surface area contributed by atoms with E-state index in [2.05, 4.69) is 13.2 Å². The van der Waals surface area contributed by atoms with Crippen LogP contribution in [0.4, 0.5) is 0 Å². The summed E-state index contributed by atoms with van der Waals surface area (Å²) in [5.74, 6) is 0. The molecule has 0 aliphatic heterocycles. The predicted octanol–water partition coefficient (Wildman–Crippen LogP) is 1.46. The number of carbonyl (C=O) groups is 3. The van der Waals surface area contributed by atoms with Crippen molar-refractivity contribution in [2.45, 2.75) is 9.45 Å². The maximum absolute atomic E-state index is 10.9. The Balaban J connectivity index is 5.35. The molecule has 0 aromatic carbocycles. The van der Waals surface area contributed by atoms with E-state index in [1.165, 1.54) is 12.2 Å². The van der Waals surface area contributed by atoms with Gasteiger partial charge in [-0.25, -0.2) is 0 Å². The molecule has 0 spiro atoms. The van der Waals surface area contributed by atoms with Crippen molar-refractivity contribution in [3.63, 3.8) is 0 Å². The standard InChI is InChI=1S/2C3H5.3CHO.Ti/c2*1-3-2;3*1-2;/h2*3H,1-2H2;3*1H;. The monoisotopic (exact) mass is 217 g/mol. The van der Waals surface area contributed by atoms with Crippen molar-refractivity contribution in [3.05, 3.63) is 25.3 Å². The van der Waals surface area contributed by atoms with Crippen LogP contribution in [0.5, 0.6) is 0 Å². The first kappa shape index (κ1) is 12.2. The summed E-state index contributed by atoms with van der Waals surface area (Å²) in [6.07, 6.45) is 2.91. The van der Waals surface area contributed by atoms with Gasteiger partial charge in [-0.15, -0.1) is 0 Å². The summed E-state index contributed by atoms with van der Waals surface area (Å²) in [7, 11) is 0. The van der Waals surface area contributed by atoms with Crippen LogP contribution in [0.15, 0.2) is 25.3 Å². The topological polar surface area (TPSA) is 51.2 Å². The number of rotatable bonds is 7. The molecule has 0 saturated heterocycles. The quantitative estimate of drug-likeness (QED) is 0.368. The van der Waals surface area contributed by atoms with E-state index in [4.69, 9.17) is 0 Å². The van der Waals surface area contributed by atoms with Gasteiger partial charge in [0.2, 0.25) is 0 Å². The minimum absolute atomic E-state index is 0.194. The van der Waals surface area contributed by atoms with E-state index in [0.29, 0.717) is 13.8 Å². The van der Waals surface area contributed by atoms with Gasteiger partial charge >= 0.3 is 78.2 Å². The molecule has 0 aliphatic rings. The van der Waals surface area contributed by atoms with Crippen LogP contribution in [0.3, 0.4) is 0 Å². The third kappa shape index (κ3) is 2.11. The molecule has 0 fully saturated rings. The summed E-state index contributed by atoms with van der Waals surface area (Å²) >= 11 is -4.23. The Hall–Kier alpha value is -0.796. The van der Waals surface area contributed by atoms with Gasteiger partial charge in [0.05, 0.1) is 0 Å². The van der Waals surface area contributed by atoms with Crippen molar-refractivity contribution in [2.75, 3.05) is 0 Å². The number of carbonyl (C=O) groups excluding carboxylic acids is 3. The number of hydrogen-bond donors (Lipinski definition) is 0. The second kappa shape index (κ2) is 4.44. The molecular formula is C9H13O3Ti. The van der Waals surface area contributed by atoms with Gasteiger partial charge < -0.3 is 0 Å². The number of allylic oxidation sites excluding steroid dienone is 2. The van der Waals surface area contributed by atoms with Crippen molar-refractivity contribution in [3.8, 4) is 0 Å². The molecule has 0 bridgehead atoms. The van der Waals surface area contributed by atoms with Crippen molar-refractivity contribution in [2.24, 2.45) is 0 Å². The average molecular weight is 217 g/mol. The first-order valence-corrected chi connectivity index (χ1v) is 8.83. The molecule has 0 atom stereocenters. The molecule has 0 aliphatic carbocycles. The van der Waals surface area contributed by atoms with Gasteiger partial charge in [-0.2, -0.15) is 0 Å². The molecule has 13 heavy (non-hydrogen) atoms. The summed E-state index contributed by atoms with van der Waals surface area (Å²) in [4.78, 5) is 32.8. The zero-order valence-corrected chi connectivity index (χ0v) is 9.00. The second-order valence-electron chi connectivity index (χ2n) is 3.31. The average Bonchev–Trinajstić information content (AvgIpc) is 2.18. The van der Waals surface area contributed by atoms with Crippen molar-refractivity contribution >= 4 is 13.8 Å². The summed E-state index contributed by atoms with van der Waals surface area (Å²) in [5.41, 5.74) is 0. The molecule has 0 radical (unpaired) electrons. The van der Waals surface area contributed by atoms with E-state index in [1.807, 2.05) is 0 Å². The molecule has 0 aromatic rings. The van der Waals surface area contributed by atoms with E-state index in [-0.39, 0.29) is 9.45 Å². The third-order valence-electron chi connectivity index (χ3n) is 2.19. The number of hydrogen-bond acceptors (Lipinski definition) is 3. The van der Waals surface area contributed by atoms with Gasteiger partial charge in [0.15, 0.2) is 0 Å². The minimum atomic E-state index is -4.23. The normalized spacial score (nSPS) is 13.4. The summed E-state index contributed by atoms with van der Waals surface area (Å²) in [6, 6.07) is 0. The summed E-state index contributed by atoms with van der Waals surface area (Å²) in [6.45, 7) is 6.91. The Kier molecular flexibility index (Phi) is 4.17. The Bertz CT molecular complexity index is 219. The fourth-order valence-corrected chi connectivity index (χ4v) is 4.78. The fourth-order valence-electron chi connectivity index (χ4n) is 1.16. The Morgan fingerprint density at radius 1 is 0.846 bits per heavy atom. The van der Waals surface area contributed by atoms with Crippen molar-refractivity contribution in [1.29, 1.82) is 0 Å². The van der Waals surface area contributed by atoms with Gasteiger partial charge in [0, 0.05) is 0 Å². The van der Waals surface area contributed by atoms with Gasteiger partial charge in [0.25, 0.3) is 0 Å². The van der Waals surface area contributed by atoms with Crippen LogP contribution < -0.4 is 0 Å². The molecular weight excluding hydrogens is 204 g/mol. The van der Waals surface area contributed by atoms with Crippen LogP contribution in [0.2, 0.25) is 9.45 Å². The van der Waals surface area contributed by atoms with E-state index in [9.17, 15) is 14.4 Å². The SMILES string of the molecule is C=C[CH2][Ti]([CH]=O)([CH]=O)([CH]=O)[CH2]C=C. The first-order valence-electron chi connectivity index (χ1n) is 3.91. The second-order valence-corrected chi connectivity index (χ2v) is 11.9. The Labute approximate surface area is 78.4 Å². The Morgan fingerprint density at radius 2 is 1.15 bits per heavy atom. The molecule has 3 nitrogen and oxygen atoms in total.